The van der Waals surface area contributed by atoms with Crippen molar-refractivity contribution >= 4 is 23.2 Å². The predicted molar refractivity (Wildman–Crippen MR) is 174 cm³/mol. The summed E-state index contributed by atoms with van der Waals surface area (Å²) in [6, 6.07) is 30.3. The van der Waals surface area contributed by atoms with E-state index in [1.807, 2.05) is 48.5 Å². The maximum atomic E-state index is 13.7. The summed E-state index contributed by atoms with van der Waals surface area (Å²) in [6.45, 7) is 3.49. The number of nitrogens with one attached hydrogen (secondary N) is 2. The molecular weight excluding hydrogens is 587 g/mol. The van der Waals surface area contributed by atoms with Crippen LogP contribution in [-0.4, -0.2) is 68.2 Å². The Morgan fingerprint density at radius 3 is 2.24 bits per heavy atom. The number of carbonyl (C=O) groups excluding carboxylic acids is 2. The first-order valence-electron chi connectivity index (χ1n) is 15.3. The van der Waals surface area contributed by atoms with Crippen molar-refractivity contribution in [3.05, 3.63) is 115 Å². The first kappa shape index (κ1) is 31.1. The molecule has 2 amide bonds. The molecule has 1 saturated carbocycles. The van der Waals surface area contributed by atoms with Gasteiger partial charge in [-0.05, 0) is 66.2 Å². The van der Waals surface area contributed by atoms with Gasteiger partial charge in [0.2, 0.25) is 5.91 Å². The summed E-state index contributed by atoms with van der Waals surface area (Å²) in [5, 5.41) is 5.97. The van der Waals surface area contributed by atoms with Gasteiger partial charge in [0.1, 0.15) is 28.6 Å². The van der Waals surface area contributed by atoms with E-state index in [9.17, 15) is 14.0 Å². The minimum absolute atomic E-state index is 0.182. The summed E-state index contributed by atoms with van der Waals surface area (Å²) in [4.78, 5) is 31.4. The standard InChI is InChI=1S/C36H37FN4O5/c1-44-32-9-5-8-29(22-32)41-20-18-40(19-21-41)24-34(42)39-36(23-33(36)45-25-26-6-3-2-4-7-26)35(43)38-28-12-16-31(17-13-28)46-30-14-10-27(37)11-15-30/h2-17,22,33H,18-21,23-25H2,1H3,(H,38,43)(H,39,42). The predicted octanol–water partition coefficient (Wildman–Crippen LogP) is 5.23. The van der Waals surface area contributed by atoms with Crippen molar-refractivity contribution in [3.63, 3.8) is 0 Å². The lowest BCUT2D eigenvalue weighted by atomic mass is 10.2. The van der Waals surface area contributed by atoms with Gasteiger partial charge in [0.05, 0.1) is 26.4 Å². The molecule has 10 heteroatoms. The summed E-state index contributed by atoms with van der Waals surface area (Å²) in [7, 11) is 1.66. The van der Waals surface area contributed by atoms with Gasteiger partial charge in [-0.3, -0.25) is 14.5 Å². The van der Waals surface area contributed by atoms with Crippen molar-refractivity contribution in [3.8, 4) is 17.2 Å². The number of anilines is 2. The lowest BCUT2D eigenvalue weighted by Gasteiger charge is -2.36. The largest absolute Gasteiger partial charge is 0.497 e. The van der Waals surface area contributed by atoms with Gasteiger partial charge in [0.15, 0.2) is 0 Å². The summed E-state index contributed by atoms with van der Waals surface area (Å²) in [5.41, 5.74) is 1.44. The number of amides is 2. The second kappa shape index (κ2) is 14.0. The number of ether oxygens (including phenoxy) is 3. The van der Waals surface area contributed by atoms with Crippen molar-refractivity contribution in [2.45, 2.75) is 24.7 Å². The highest BCUT2D eigenvalue weighted by Crippen LogP contribution is 2.41. The number of halogens is 1. The smallest absolute Gasteiger partial charge is 0.252 e. The van der Waals surface area contributed by atoms with Gasteiger partial charge in [-0.1, -0.05) is 36.4 Å². The highest BCUT2D eigenvalue weighted by atomic mass is 19.1. The first-order valence-corrected chi connectivity index (χ1v) is 15.3. The number of carbonyl (C=O) groups is 2. The maximum Gasteiger partial charge on any atom is 0.252 e. The van der Waals surface area contributed by atoms with Crippen molar-refractivity contribution in [1.29, 1.82) is 0 Å². The van der Waals surface area contributed by atoms with Crippen LogP contribution in [0.4, 0.5) is 15.8 Å². The van der Waals surface area contributed by atoms with E-state index in [1.54, 1.807) is 43.5 Å². The van der Waals surface area contributed by atoms with Gasteiger partial charge >= 0.3 is 0 Å². The zero-order valence-corrected chi connectivity index (χ0v) is 25.7. The molecule has 4 aromatic carbocycles. The topological polar surface area (TPSA) is 92.4 Å². The molecular formula is C36H37FN4O5. The molecule has 9 nitrogen and oxygen atoms in total. The summed E-state index contributed by atoms with van der Waals surface area (Å²) >= 11 is 0. The molecule has 6 rings (SSSR count). The Bertz CT molecular complexity index is 1630. The molecule has 1 saturated heterocycles. The first-order chi connectivity index (χ1) is 22.4. The lowest BCUT2D eigenvalue weighted by molar-refractivity contribution is -0.129. The molecule has 1 heterocycles. The number of piperazine rings is 1. The molecule has 1 aliphatic heterocycles. The second-order valence-electron chi connectivity index (χ2n) is 11.5. The minimum Gasteiger partial charge on any atom is -0.497 e. The van der Waals surface area contributed by atoms with Crippen LogP contribution in [0, 0.1) is 5.82 Å². The Kier molecular flexibility index (Phi) is 9.46. The average molecular weight is 625 g/mol. The van der Waals surface area contributed by atoms with Crippen LogP contribution in [0.3, 0.4) is 0 Å². The quantitative estimate of drug-likeness (QED) is 0.223. The third-order valence-corrected chi connectivity index (χ3v) is 8.28. The van der Waals surface area contributed by atoms with Crippen LogP contribution in [0.25, 0.3) is 0 Å². The molecule has 2 fully saturated rings. The number of hydrogen-bond acceptors (Lipinski definition) is 7. The van der Waals surface area contributed by atoms with Crippen LogP contribution in [0.15, 0.2) is 103 Å². The monoisotopic (exact) mass is 624 g/mol. The highest BCUT2D eigenvalue weighted by Gasteiger charge is 2.62. The van der Waals surface area contributed by atoms with Gasteiger partial charge in [-0.15, -0.1) is 0 Å². The number of rotatable bonds is 12. The van der Waals surface area contributed by atoms with Gasteiger partial charge in [-0.2, -0.15) is 0 Å². The fourth-order valence-electron chi connectivity index (χ4n) is 5.58. The van der Waals surface area contributed by atoms with E-state index in [2.05, 4.69) is 26.5 Å². The molecule has 2 atom stereocenters. The molecule has 1 aliphatic carbocycles. The summed E-state index contributed by atoms with van der Waals surface area (Å²) < 4.78 is 30.5. The van der Waals surface area contributed by atoms with Crippen LogP contribution < -0.4 is 25.0 Å². The molecule has 0 aromatic heterocycles. The van der Waals surface area contributed by atoms with Gasteiger partial charge in [0.25, 0.3) is 5.91 Å². The Morgan fingerprint density at radius 2 is 1.54 bits per heavy atom. The molecule has 0 bridgehead atoms. The summed E-state index contributed by atoms with van der Waals surface area (Å²) in [5.74, 6) is 0.940. The molecule has 4 aromatic rings. The van der Waals surface area contributed by atoms with Gasteiger partial charge in [0, 0.05) is 50.0 Å². The van der Waals surface area contributed by atoms with Crippen LogP contribution in [-0.2, 0) is 20.9 Å². The SMILES string of the molecule is COc1cccc(N2CCN(CC(=O)NC3(C(=O)Nc4ccc(Oc5ccc(F)cc5)cc4)CC3OCc3ccccc3)CC2)c1. The molecule has 2 N–H and O–H groups in total. The normalized spacial score (nSPS) is 19.3. The van der Waals surface area contributed by atoms with E-state index in [0.29, 0.717) is 43.3 Å². The van der Waals surface area contributed by atoms with Crippen molar-refractivity contribution in [2.75, 3.05) is 50.1 Å². The Labute approximate surface area is 267 Å². The van der Waals surface area contributed by atoms with Crippen LogP contribution in [0.5, 0.6) is 17.2 Å². The average Bonchev–Trinajstić information content (AvgIpc) is 3.79. The fraction of sp³-hybridized carbons (Fsp3) is 0.278. The van der Waals surface area contributed by atoms with E-state index in [0.717, 1.165) is 30.1 Å². The third-order valence-electron chi connectivity index (χ3n) is 8.28. The number of nitrogens with zero attached hydrogens (tertiary/aromatic N) is 2. The summed E-state index contributed by atoms with van der Waals surface area (Å²) in [6.07, 6.45) is -0.102. The van der Waals surface area contributed by atoms with Crippen molar-refractivity contribution in [2.24, 2.45) is 0 Å². The Hall–Kier alpha value is -4.93. The maximum absolute atomic E-state index is 13.7. The third kappa shape index (κ3) is 7.64. The Balaban J connectivity index is 1.07. The second-order valence-corrected chi connectivity index (χ2v) is 11.5. The molecule has 0 spiro atoms. The fourth-order valence-corrected chi connectivity index (χ4v) is 5.58. The van der Waals surface area contributed by atoms with Gasteiger partial charge < -0.3 is 29.7 Å². The zero-order chi connectivity index (χ0) is 31.9. The number of benzene rings is 4. The van der Waals surface area contributed by atoms with E-state index in [-0.39, 0.29) is 24.2 Å². The van der Waals surface area contributed by atoms with Gasteiger partial charge in [-0.25, -0.2) is 4.39 Å². The van der Waals surface area contributed by atoms with E-state index in [1.165, 1.54) is 12.1 Å². The lowest BCUT2D eigenvalue weighted by Crippen LogP contribution is -2.54. The number of hydrogen-bond donors (Lipinski definition) is 2. The van der Waals surface area contributed by atoms with Crippen LogP contribution >= 0.6 is 0 Å². The molecule has 2 aliphatic rings. The zero-order valence-electron chi connectivity index (χ0n) is 25.7. The van der Waals surface area contributed by atoms with E-state index in [4.69, 9.17) is 14.2 Å². The highest BCUT2D eigenvalue weighted by molar-refractivity contribution is 6.04. The minimum atomic E-state index is -1.18. The molecule has 238 valence electrons. The Morgan fingerprint density at radius 1 is 0.848 bits per heavy atom. The van der Waals surface area contributed by atoms with Crippen LogP contribution in [0.1, 0.15) is 12.0 Å². The number of methoxy groups -OCH3 is 1. The van der Waals surface area contributed by atoms with Crippen LogP contribution in [0.2, 0.25) is 0 Å². The van der Waals surface area contributed by atoms with E-state index >= 15 is 0 Å². The van der Waals surface area contributed by atoms with E-state index < -0.39 is 11.6 Å². The molecule has 0 radical (unpaired) electrons. The van der Waals surface area contributed by atoms with Crippen molar-refractivity contribution < 1.29 is 28.2 Å². The van der Waals surface area contributed by atoms with Crippen molar-refractivity contribution in [1.82, 2.24) is 10.2 Å². The molecule has 46 heavy (non-hydrogen) atoms. The molecule has 2 unspecified atom stereocenters.